The topological polar surface area (TPSA) is 57.1 Å². The first-order chi connectivity index (χ1) is 15.6. The third-order valence-corrected chi connectivity index (χ3v) is 6.01. The first-order valence-electron chi connectivity index (χ1n) is 10.3. The molecule has 1 aliphatic rings. The lowest BCUT2D eigenvalue weighted by Gasteiger charge is -2.39. The Morgan fingerprint density at radius 3 is 2.34 bits per heavy atom. The lowest BCUT2D eigenvalue weighted by atomic mass is 9.99. The van der Waals surface area contributed by atoms with Gasteiger partial charge in [-0.1, -0.05) is 6.07 Å². The first-order valence-corrected chi connectivity index (χ1v) is 10.7. The molecular formula is C24H27N3O4S. The standard InChI is InChI=1S/C24H27N3O4S/c1-28-17-8-10-20(29-2)18(15-17)25-24(32)27-13-12-26-11-5-6-19(26)23(27)16-7-9-21(30-3)22(14-16)31-4/h5-11,14-15,23H,12-13H2,1-4H3,(H,25,32). The molecule has 0 amide bonds. The Labute approximate surface area is 193 Å². The van der Waals surface area contributed by atoms with Crippen molar-refractivity contribution in [1.29, 1.82) is 0 Å². The zero-order valence-corrected chi connectivity index (χ0v) is 19.4. The second kappa shape index (κ2) is 9.40. The highest BCUT2D eigenvalue weighted by Gasteiger charge is 2.31. The van der Waals surface area contributed by atoms with Crippen LogP contribution in [0, 0.1) is 0 Å². The van der Waals surface area contributed by atoms with Crippen molar-refractivity contribution in [2.45, 2.75) is 12.6 Å². The molecule has 0 saturated carbocycles. The number of benzene rings is 2. The van der Waals surface area contributed by atoms with Crippen LogP contribution in [0.25, 0.3) is 0 Å². The summed E-state index contributed by atoms with van der Waals surface area (Å²) in [5.74, 6) is 2.79. The van der Waals surface area contributed by atoms with Gasteiger partial charge in [0.25, 0.3) is 0 Å². The van der Waals surface area contributed by atoms with Gasteiger partial charge in [0, 0.05) is 31.0 Å². The van der Waals surface area contributed by atoms with Crippen molar-refractivity contribution in [2.24, 2.45) is 0 Å². The number of rotatable bonds is 6. The maximum Gasteiger partial charge on any atom is 0.174 e. The zero-order chi connectivity index (χ0) is 22.7. The smallest absolute Gasteiger partial charge is 0.174 e. The summed E-state index contributed by atoms with van der Waals surface area (Å²) in [7, 11) is 6.55. The van der Waals surface area contributed by atoms with Crippen LogP contribution in [-0.4, -0.2) is 49.6 Å². The quantitative estimate of drug-likeness (QED) is 0.558. The van der Waals surface area contributed by atoms with E-state index in [1.807, 2.05) is 30.3 Å². The molecule has 0 aliphatic carbocycles. The molecule has 8 heteroatoms. The molecule has 7 nitrogen and oxygen atoms in total. The molecule has 1 atom stereocenters. The van der Waals surface area contributed by atoms with Gasteiger partial charge in [-0.05, 0) is 54.2 Å². The number of methoxy groups -OCH3 is 4. The molecule has 0 fully saturated rings. The molecule has 0 spiro atoms. The second-order valence-electron chi connectivity index (χ2n) is 7.33. The minimum absolute atomic E-state index is 0.0878. The number of hydrogen-bond donors (Lipinski definition) is 1. The summed E-state index contributed by atoms with van der Waals surface area (Å²) >= 11 is 5.89. The fraction of sp³-hybridized carbons (Fsp3) is 0.292. The molecule has 0 saturated heterocycles. The van der Waals surface area contributed by atoms with Crippen molar-refractivity contribution in [1.82, 2.24) is 9.47 Å². The van der Waals surface area contributed by atoms with Crippen LogP contribution in [0.15, 0.2) is 54.7 Å². The number of fused-ring (bicyclic) bond motifs is 1. The highest BCUT2D eigenvalue weighted by atomic mass is 32.1. The first kappa shape index (κ1) is 21.8. The molecule has 1 N–H and O–H groups in total. The van der Waals surface area contributed by atoms with Gasteiger partial charge >= 0.3 is 0 Å². The monoisotopic (exact) mass is 453 g/mol. The van der Waals surface area contributed by atoms with Gasteiger partial charge in [0.1, 0.15) is 11.5 Å². The number of ether oxygens (including phenoxy) is 4. The van der Waals surface area contributed by atoms with Crippen LogP contribution in [0.5, 0.6) is 23.0 Å². The molecule has 1 unspecified atom stereocenters. The minimum atomic E-state index is -0.0878. The summed E-state index contributed by atoms with van der Waals surface area (Å²) in [4.78, 5) is 2.19. The van der Waals surface area contributed by atoms with Gasteiger partial charge in [-0.2, -0.15) is 0 Å². The molecule has 3 aromatic rings. The highest BCUT2D eigenvalue weighted by Crippen LogP contribution is 2.38. The number of hydrogen-bond acceptors (Lipinski definition) is 5. The fourth-order valence-corrected chi connectivity index (χ4v) is 4.38. The number of anilines is 1. The van der Waals surface area contributed by atoms with Crippen LogP contribution in [0.1, 0.15) is 17.3 Å². The SMILES string of the molecule is COc1ccc(OC)c(NC(=S)N2CCn3cccc3C2c2ccc(OC)c(OC)c2)c1. The minimum Gasteiger partial charge on any atom is -0.497 e. The van der Waals surface area contributed by atoms with Gasteiger partial charge in [0.2, 0.25) is 0 Å². The van der Waals surface area contributed by atoms with Crippen LogP contribution in [0.3, 0.4) is 0 Å². The molecule has 2 aromatic carbocycles. The van der Waals surface area contributed by atoms with Gasteiger partial charge < -0.3 is 33.7 Å². The lowest BCUT2D eigenvalue weighted by molar-refractivity contribution is 0.291. The third kappa shape index (κ3) is 4.05. The molecule has 1 aliphatic heterocycles. The Morgan fingerprint density at radius 1 is 0.875 bits per heavy atom. The molecule has 4 rings (SSSR count). The number of nitrogens with one attached hydrogen (secondary N) is 1. The molecule has 0 radical (unpaired) electrons. The average Bonchev–Trinajstić information content (AvgIpc) is 3.31. The molecule has 1 aromatic heterocycles. The van der Waals surface area contributed by atoms with E-state index in [0.29, 0.717) is 22.4 Å². The maximum atomic E-state index is 5.89. The summed E-state index contributed by atoms with van der Waals surface area (Å²) < 4.78 is 24.1. The van der Waals surface area contributed by atoms with E-state index < -0.39 is 0 Å². The van der Waals surface area contributed by atoms with Gasteiger partial charge in [-0.25, -0.2) is 0 Å². The van der Waals surface area contributed by atoms with Crippen molar-refractivity contribution in [3.8, 4) is 23.0 Å². The molecule has 168 valence electrons. The normalized spacial score (nSPS) is 15.0. The van der Waals surface area contributed by atoms with Crippen LogP contribution in [-0.2, 0) is 6.54 Å². The van der Waals surface area contributed by atoms with Crippen molar-refractivity contribution >= 4 is 23.0 Å². The Kier molecular flexibility index (Phi) is 6.41. The van der Waals surface area contributed by atoms with Gasteiger partial charge in [-0.3, -0.25) is 0 Å². The summed E-state index contributed by atoms with van der Waals surface area (Å²) in [5, 5.41) is 3.97. The number of thiocarbonyl (C=S) groups is 1. The van der Waals surface area contributed by atoms with E-state index in [4.69, 9.17) is 31.2 Å². The van der Waals surface area contributed by atoms with Gasteiger partial charge in [0.05, 0.1) is 40.2 Å². The van der Waals surface area contributed by atoms with E-state index in [2.05, 4.69) is 39.2 Å². The van der Waals surface area contributed by atoms with Crippen LogP contribution in [0.2, 0.25) is 0 Å². The maximum absolute atomic E-state index is 5.89. The van der Waals surface area contributed by atoms with Gasteiger partial charge in [-0.15, -0.1) is 0 Å². The predicted octanol–water partition coefficient (Wildman–Crippen LogP) is 4.32. The van der Waals surface area contributed by atoms with E-state index in [1.54, 1.807) is 28.4 Å². The third-order valence-electron chi connectivity index (χ3n) is 5.67. The van der Waals surface area contributed by atoms with Crippen LogP contribution < -0.4 is 24.3 Å². The zero-order valence-electron chi connectivity index (χ0n) is 18.6. The van der Waals surface area contributed by atoms with Crippen molar-refractivity contribution in [2.75, 3.05) is 40.3 Å². The summed E-state index contributed by atoms with van der Waals surface area (Å²) in [6.07, 6.45) is 2.10. The van der Waals surface area contributed by atoms with Crippen molar-refractivity contribution in [3.63, 3.8) is 0 Å². The van der Waals surface area contributed by atoms with Crippen LogP contribution in [0.4, 0.5) is 5.69 Å². The molecular weight excluding hydrogens is 426 g/mol. The molecule has 32 heavy (non-hydrogen) atoms. The van der Waals surface area contributed by atoms with E-state index in [-0.39, 0.29) is 6.04 Å². The highest BCUT2D eigenvalue weighted by molar-refractivity contribution is 7.80. The van der Waals surface area contributed by atoms with E-state index >= 15 is 0 Å². The van der Waals surface area contributed by atoms with Crippen LogP contribution >= 0.6 is 12.2 Å². The molecule has 0 bridgehead atoms. The largest absolute Gasteiger partial charge is 0.497 e. The van der Waals surface area contributed by atoms with Gasteiger partial charge in [0.15, 0.2) is 16.6 Å². The Hall–Kier alpha value is -3.39. The Morgan fingerprint density at radius 2 is 1.62 bits per heavy atom. The lowest BCUT2D eigenvalue weighted by Crippen LogP contribution is -2.44. The second-order valence-corrected chi connectivity index (χ2v) is 7.72. The summed E-state index contributed by atoms with van der Waals surface area (Å²) in [6, 6.07) is 15.7. The average molecular weight is 454 g/mol. The van der Waals surface area contributed by atoms with E-state index in [1.165, 1.54) is 0 Å². The predicted molar refractivity (Wildman–Crippen MR) is 128 cm³/mol. The van der Waals surface area contributed by atoms with E-state index in [0.717, 1.165) is 35.8 Å². The Bertz CT molecular complexity index is 1110. The fourth-order valence-electron chi connectivity index (χ4n) is 4.07. The van der Waals surface area contributed by atoms with Crippen molar-refractivity contribution < 1.29 is 18.9 Å². The summed E-state index contributed by atoms with van der Waals surface area (Å²) in [6.45, 7) is 1.59. The molecule has 2 heterocycles. The summed E-state index contributed by atoms with van der Waals surface area (Å²) in [5.41, 5.74) is 2.97. The van der Waals surface area contributed by atoms with Crippen molar-refractivity contribution in [3.05, 3.63) is 66.0 Å². The van der Waals surface area contributed by atoms with E-state index in [9.17, 15) is 0 Å². The Balaban J connectivity index is 1.71. The number of aromatic nitrogens is 1. The number of nitrogens with zero attached hydrogens (tertiary/aromatic N) is 2.